The van der Waals surface area contributed by atoms with E-state index in [1.807, 2.05) is 6.08 Å². The zero-order valence-electron chi connectivity index (χ0n) is 10.3. The van der Waals surface area contributed by atoms with Gasteiger partial charge in [0.25, 0.3) is 0 Å². The summed E-state index contributed by atoms with van der Waals surface area (Å²) in [7, 11) is 0. The van der Waals surface area contributed by atoms with Gasteiger partial charge in [0.2, 0.25) is 0 Å². The maximum atomic E-state index is 3.83. The van der Waals surface area contributed by atoms with E-state index in [-0.39, 0.29) is 0 Å². The molecule has 2 atom stereocenters. The minimum atomic E-state index is 0.685. The SMILES string of the molecule is C=CCN(CCC)CC1NCCCC1C. The molecule has 0 aliphatic carbocycles. The van der Waals surface area contributed by atoms with E-state index in [2.05, 4.69) is 30.6 Å². The van der Waals surface area contributed by atoms with E-state index in [9.17, 15) is 0 Å². The van der Waals surface area contributed by atoms with E-state index < -0.39 is 0 Å². The number of hydrogen-bond donors (Lipinski definition) is 1. The van der Waals surface area contributed by atoms with Crippen LogP contribution in [0.15, 0.2) is 12.7 Å². The second kappa shape index (κ2) is 7.02. The van der Waals surface area contributed by atoms with Gasteiger partial charge in [-0.25, -0.2) is 0 Å². The van der Waals surface area contributed by atoms with Crippen molar-refractivity contribution in [3.8, 4) is 0 Å². The lowest BCUT2D eigenvalue weighted by Crippen LogP contribution is -2.48. The van der Waals surface area contributed by atoms with Crippen LogP contribution in [0.1, 0.15) is 33.1 Å². The Labute approximate surface area is 94.7 Å². The Bertz CT molecular complexity index is 179. The standard InChI is InChI=1S/C13H26N2/c1-4-9-15(10-5-2)11-13-12(3)7-6-8-14-13/h4,12-14H,1,5-11H2,2-3H3. The summed E-state index contributed by atoms with van der Waals surface area (Å²) < 4.78 is 0. The molecule has 0 radical (unpaired) electrons. The van der Waals surface area contributed by atoms with Gasteiger partial charge in [-0.1, -0.05) is 19.9 Å². The molecule has 15 heavy (non-hydrogen) atoms. The fourth-order valence-electron chi connectivity index (χ4n) is 2.39. The molecular weight excluding hydrogens is 184 g/mol. The number of nitrogens with zero attached hydrogens (tertiary/aromatic N) is 1. The summed E-state index contributed by atoms with van der Waals surface area (Å²) in [6.45, 7) is 13.0. The van der Waals surface area contributed by atoms with Crippen LogP contribution in [0.25, 0.3) is 0 Å². The van der Waals surface area contributed by atoms with Gasteiger partial charge in [-0.3, -0.25) is 4.90 Å². The molecule has 2 unspecified atom stereocenters. The second-order valence-corrected chi connectivity index (χ2v) is 4.73. The summed E-state index contributed by atoms with van der Waals surface area (Å²) in [5, 5.41) is 3.64. The molecule has 1 fully saturated rings. The molecule has 88 valence electrons. The van der Waals surface area contributed by atoms with Crippen molar-refractivity contribution in [2.75, 3.05) is 26.2 Å². The van der Waals surface area contributed by atoms with Crippen LogP contribution in [0.4, 0.5) is 0 Å². The number of piperidine rings is 1. The minimum absolute atomic E-state index is 0.685. The van der Waals surface area contributed by atoms with Crippen LogP contribution in [0.5, 0.6) is 0 Å². The second-order valence-electron chi connectivity index (χ2n) is 4.73. The molecule has 0 aromatic heterocycles. The summed E-state index contributed by atoms with van der Waals surface area (Å²) in [6.07, 6.45) is 5.97. The zero-order chi connectivity index (χ0) is 11.1. The highest BCUT2D eigenvalue weighted by atomic mass is 15.1. The molecule has 1 aliphatic heterocycles. The zero-order valence-corrected chi connectivity index (χ0v) is 10.3. The van der Waals surface area contributed by atoms with E-state index in [1.54, 1.807) is 0 Å². The van der Waals surface area contributed by atoms with Crippen molar-refractivity contribution >= 4 is 0 Å². The first kappa shape index (κ1) is 12.7. The van der Waals surface area contributed by atoms with Crippen molar-refractivity contribution in [3.05, 3.63) is 12.7 Å². The molecule has 1 saturated heterocycles. The predicted molar refractivity (Wildman–Crippen MR) is 67.1 cm³/mol. The maximum absolute atomic E-state index is 3.83. The lowest BCUT2D eigenvalue weighted by Gasteiger charge is -2.34. The van der Waals surface area contributed by atoms with Crippen LogP contribution in [-0.4, -0.2) is 37.1 Å². The topological polar surface area (TPSA) is 15.3 Å². The summed E-state index contributed by atoms with van der Waals surface area (Å²) >= 11 is 0. The Morgan fingerprint density at radius 1 is 1.53 bits per heavy atom. The van der Waals surface area contributed by atoms with Crippen molar-refractivity contribution in [1.29, 1.82) is 0 Å². The van der Waals surface area contributed by atoms with Gasteiger partial charge in [0.1, 0.15) is 0 Å². The monoisotopic (exact) mass is 210 g/mol. The first-order chi connectivity index (χ1) is 7.27. The lowest BCUT2D eigenvalue weighted by molar-refractivity contribution is 0.203. The highest BCUT2D eigenvalue weighted by molar-refractivity contribution is 4.83. The highest BCUT2D eigenvalue weighted by Crippen LogP contribution is 2.16. The maximum Gasteiger partial charge on any atom is 0.0220 e. The first-order valence-corrected chi connectivity index (χ1v) is 6.34. The van der Waals surface area contributed by atoms with Gasteiger partial charge in [-0.15, -0.1) is 6.58 Å². The van der Waals surface area contributed by atoms with Crippen molar-refractivity contribution in [2.24, 2.45) is 5.92 Å². The summed E-state index contributed by atoms with van der Waals surface area (Å²) in [5.41, 5.74) is 0. The Morgan fingerprint density at radius 3 is 2.93 bits per heavy atom. The molecule has 2 nitrogen and oxygen atoms in total. The van der Waals surface area contributed by atoms with Gasteiger partial charge >= 0.3 is 0 Å². The van der Waals surface area contributed by atoms with Crippen LogP contribution >= 0.6 is 0 Å². The summed E-state index contributed by atoms with van der Waals surface area (Å²) in [6, 6.07) is 0.685. The Hall–Kier alpha value is -0.340. The molecule has 1 N–H and O–H groups in total. The van der Waals surface area contributed by atoms with E-state index in [0.29, 0.717) is 6.04 Å². The Balaban J connectivity index is 2.37. The normalized spacial score (nSPS) is 26.9. The predicted octanol–water partition coefficient (Wildman–Crippen LogP) is 2.27. The van der Waals surface area contributed by atoms with Gasteiger partial charge in [0.15, 0.2) is 0 Å². The van der Waals surface area contributed by atoms with Crippen molar-refractivity contribution < 1.29 is 0 Å². The molecule has 1 heterocycles. The molecule has 1 rings (SSSR count). The molecule has 0 aromatic carbocycles. The van der Waals surface area contributed by atoms with Gasteiger partial charge < -0.3 is 5.32 Å². The largest absolute Gasteiger partial charge is 0.312 e. The molecule has 0 saturated carbocycles. The number of nitrogens with one attached hydrogen (secondary N) is 1. The van der Waals surface area contributed by atoms with Crippen LogP contribution in [0.2, 0.25) is 0 Å². The minimum Gasteiger partial charge on any atom is -0.312 e. The van der Waals surface area contributed by atoms with Crippen LogP contribution in [-0.2, 0) is 0 Å². The van der Waals surface area contributed by atoms with Crippen LogP contribution in [0, 0.1) is 5.92 Å². The van der Waals surface area contributed by atoms with E-state index >= 15 is 0 Å². The van der Waals surface area contributed by atoms with Gasteiger partial charge in [-0.2, -0.15) is 0 Å². The third-order valence-electron chi connectivity index (χ3n) is 3.31. The Kier molecular flexibility index (Phi) is 5.96. The van der Waals surface area contributed by atoms with Crippen LogP contribution < -0.4 is 5.32 Å². The number of hydrogen-bond acceptors (Lipinski definition) is 2. The Morgan fingerprint density at radius 2 is 2.33 bits per heavy atom. The van der Waals surface area contributed by atoms with E-state index in [0.717, 1.165) is 12.5 Å². The molecule has 0 bridgehead atoms. The summed E-state index contributed by atoms with van der Waals surface area (Å²) in [5.74, 6) is 0.822. The average Bonchev–Trinajstić information content (AvgIpc) is 2.22. The smallest absolute Gasteiger partial charge is 0.0220 e. The fraction of sp³-hybridized carbons (Fsp3) is 0.846. The molecule has 2 heteroatoms. The molecule has 0 spiro atoms. The van der Waals surface area contributed by atoms with Crippen molar-refractivity contribution in [3.63, 3.8) is 0 Å². The molecular formula is C13H26N2. The van der Waals surface area contributed by atoms with Gasteiger partial charge in [0.05, 0.1) is 0 Å². The van der Waals surface area contributed by atoms with Gasteiger partial charge in [-0.05, 0) is 38.3 Å². The molecule has 0 aromatic rings. The van der Waals surface area contributed by atoms with Crippen LogP contribution in [0.3, 0.4) is 0 Å². The third kappa shape index (κ3) is 4.35. The quantitative estimate of drug-likeness (QED) is 0.677. The molecule has 1 aliphatic rings. The first-order valence-electron chi connectivity index (χ1n) is 6.34. The third-order valence-corrected chi connectivity index (χ3v) is 3.31. The lowest BCUT2D eigenvalue weighted by atomic mass is 9.92. The fourth-order valence-corrected chi connectivity index (χ4v) is 2.39. The van der Waals surface area contributed by atoms with E-state index in [1.165, 1.54) is 38.9 Å². The summed E-state index contributed by atoms with van der Waals surface area (Å²) in [4.78, 5) is 2.51. The molecule has 0 amide bonds. The number of rotatable bonds is 6. The average molecular weight is 210 g/mol. The van der Waals surface area contributed by atoms with Gasteiger partial charge in [0, 0.05) is 19.1 Å². The van der Waals surface area contributed by atoms with E-state index in [4.69, 9.17) is 0 Å². The highest BCUT2D eigenvalue weighted by Gasteiger charge is 2.22. The van der Waals surface area contributed by atoms with Crippen molar-refractivity contribution in [2.45, 2.75) is 39.2 Å². The van der Waals surface area contributed by atoms with Crippen molar-refractivity contribution in [1.82, 2.24) is 10.2 Å².